The molecule has 1 aromatic rings. The Kier molecular flexibility index (Phi) is 8.15. The summed E-state index contributed by atoms with van der Waals surface area (Å²) in [5.41, 5.74) is 2.07. The third-order valence-electron chi connectivity index (χ3n) is 3.36. The van der Waals surface area contributed by atoms with E-state index in [2.05, 4.69) is 33.0 Å². The first-order valence-electron chi connectivity index (χ1n) is 8.21. The van der Waals surface area contributed by atoms with E-state index in [9.17, 15) is 4.79 Å². The lowest BCUT2D eigenvalue weighted by Gasteiger charge is -2.13. The fraction of sp³-hybridized carbons (Fsp3) is 0.688. The molecule has 0 aromatic carbocycles. The summed E-state index contributed by atoms with van der Waals surface area (Å²) in [5.74, 6) is 1.59. The van der Waals surface area contributed by atoms with E-state index in [0.29, 0.717) is 25.5 Å². The van der Waals surface area contributed by atoms with Crippen LogP contribution in [0.2, 0.25) is 0 Å². The molecule has 0 aliphatic carbocycles. The molecule has 0 unspecified atom stereocenters. The summed E-state index contributed by atoms with van der Waals surface area (Å²) in [6, 6.07) is 0.161. The molecule has 0 atom stereocenters. The molecule has 0 aliphatic rings. The van der Waals surface area contributed by atoms with Gasteiger partial charge in [-0.2, -0.15) is 0 Å². The van der Waals surface area contributed by atoms with Crippen molar-refractivity contribution in [1.82, 2.24) is 21.1 Å². The van der Waals surface area contributed by atoms with Gasteiger partial charge in [-0.25, -0.2) is 0 Å². The largest absolute Gasteiger partial charge is 0.361 e. The van der Waals surface area contributed by atoms with Crippen molar-refractivity contribution in [2.75, 3.05) is 13.6 Å². The van der Waals surface area contributed by atoms with E-state index in [1.807, 2.05) is 20.8 Å². The predicted octanol–water partition coefficient (Wildman–Crippen LogP) is 1.38. The van der Waals surface area contributed by atoms with Crippen LogP contribution < -0.4 is 16.0 Å². The molecule has 1 heterocycles. The van der Waals surface area contributed by atoms with Crippen LogP contribution in [0, 0.1) is 0 Å². The first-order chi connectivity index (χ1) is 11.0. The Morgan fingerprint density at radius 3 is 2.57 bits per heavy atom. The molecule has 0 spiro atoms. The van der Waals surface area contributed by atoms with Crippen LogP contribution in [0.1, 0.15) is 51.1 Å². The number of rotatable bonds is 8. The van der Waals surface area contributed by atoms with E-state index in [1.54, 1.807) is 7.05 Å². The highest BCUT2D eigenvalue weighted by Gasteiger charge is 2.13. The van der Waals surface area contributed by atoms with Gasteiger partial charge < -0.3 is 20.5 Å². The molecule has 0 aliphatic heterocycles. The SMILES string of the molecule is CCc1noc(CC)c1CNC(=NC)NCCC(=O)NC(C)C. The molecule has 1 aromatic heterocycles. The van der Waals surface area contributed by atoms with Gasteiger partial charge in [0.2, 0.25) is 5.91 Å². The van der Waals surface area contributed by atoms with E-state index >= 15 is 0 Å². The van der Waals surface area contributed by atoms with Crippen LogP contribution in [0.25, 0.3) is 0 Å². The van der Waals surface area contributed by atoms with Crippen LogP contribution in [0.15, 0.2) is 9.52 Å². The normalized spacial score (nSPS) is 11.7. The maximum atomic E-state index is 11.6. The molecule has 1 rings (SSSR count). The number of aliphatic imine (C=N–C) groups is 1. The number of aryl methyl sites for hydroxylation is 2. The van der Waals surface area contributed by atoms with Crippen molar-refractivity contribution in [3.63, 3.8) is 0 Å². The lowest BCUT2D eigenvalue weighted by molar-refractivity contribution is -0.121. The van der Waals surface area contributed by atoms with Gasteiger partial charge in [0, 0.05) is 44.6 Å². The smallest absolute Gasteiger partial charge is 0.221 e. The third-order valence-corrected chi connectivity index (χ3v) is 3.36. The number of nitrogens with one attached hydrogen (secondary N) is 3. The summed E-state index contributed by atoms with van der Waals surface area (Å²) in [7, 11) is 1.71. The number of amides is 1. The summed E-state index contributed by atoms with van der Waals surface area (Å²) in [4.78, 5) is 15.8. The van der Waals surface area contributed by atoms with E-state index in [1.165, 1.54) is 0 Å². The van der Waals surface area contributed by atoms with Crippen molar-refractivity contribution in [3.05, 3.63) is 17.0 Å². The Morgan fingerprint density at radius 1 is 1.26 bits per heavy atom. The lowest BCUT2D eigenvalue weighted by atomic mass is 10.1. The van der Waals surface area contributed by atoms with Crippen molar-refractivity contribution >= 4 is 11.9 Å². The summed E-state index contributed by atoms with van der Waals surface area (Å²) in [6.07, 6.45) is 2.06. The zero-order valence-electron chi connectivity index (χ0n) is 14.8. The molecule has 7 heteroatoms. The van der Waals surface area contributed by atoms with Crippen molar-refractivity contribution in [1.29, 1.82) is 0 Å². The van der Waals surface area contributed by atoms with Crippen molar-refractivity contribution in [2.24, 2.45) is 4.99 Å². The highest BCUT2D eigenvalue weighted by atomic mass is 16.5. The average molecular weight is 323 g/mol. The molecule has 0 saturated carbocycles. The lowest BCUT2D eigenvalue weighted by Crippen LogP contribution is -2.39. The van der Waals surface area contributed by atoms with Crippen LogP contribution in [-0.2, 0) is 24.2 Å². The second-order valence-corrected chi connectivity index (χ2v) is 5.56. The molecule has 3 N–H and O–H groups in total. The second kappa shape index (κ2) is 9.86. The minimum Gasteiger partial charge on any atom is -0.361 e. The van der Waals surface area contributed by atoms with Crippen LogP contribution in [0.3, 0.4) is 0 Å². The Morgan fingerprint density at radius 2 is 2.00 bits per heavy atom. The van der Waals surface area contributed by atoms with Crippen molar-refractivity contribution in [2.45, 2.75) is 59.5 Å². The average Bonchev–Trinajstić information content (AvgIpc) is 2.91. The third kappa shape index (κ3) is 6.30. The van der Waals surface area contributed by atoms with Crippen molar-refractivity contribution in [3.8, 4) is 0 Å². The Hall–Kier alpha value is -2.05. The summed E-state index contributed by atoms with van der Waals surface area (Å²) in [5, 5.41) is 13.3. The van der Waals surface area contributed by atoms with Gasteiger partial charge in [0.05, 0.1) is 5.69 Å². The summed E-state index contributed by atoms with van der Waals surface area (Å²) < 4.78 is 5.35. The number of nitrogens with zero attached hydrogens (tertiary/aromatic N) is 2. The summed E-state index contributed by atoms with van der Waals surface area (Å²) in [6.45, 7) is 9.13. The topological polar surface area (TPSA) is 91.6 Å². The van der Waals surface area contributed by atoms with Gasteiger partial charge in [-0.05, 0) is 20.3 Å². The van der Waals surface area contributed by atoms with Gasteiger partial charge >= 0.3 is 0 Å². The predicted molar refractivity (Wildman–Crippen MR) is 91.4 cm³/mol. The number of hydrogen-bond acceptors (Lipinski definition) is 4. The summed E-state index contributed by atoms with van der Waals surface area (Å²) >= 11 is 0. The Labute approximate surface area is 138 Å². The van der Waals surface area contributed by atoms with Crippen LogP contribution in [-0.4, -0.2) is 36.7 Å². The minimum atomic E-state index is 0.0310. The van der Waals surface area contributed by atoms with Gasteiger partial charge in [0.1, 0.15) is 5.76 Å². The molecule has 23 heavy (non-hydrogen) atoms. The number of guanidine groups is 1. The minimum absolute atomic E-state index is 0.0310. The van der Waals surface area contributed by atoms with Gasteiger partial charge in [-0.1, -0.05) is 19.0 Å². The molecule has 7 nitrogen and oxygen atoms in total. The first kappa shape index (κ1) is 19.0. The van der Waals surface area contributed by atoms with E-state index in [0.717, 1.165) is 29.9 Å². The van der Waals surface area contributed by atoms with Gasteiger partial charge in [0.15, 0.2) is 5.96 Å². The second-order valence-electron chi connectivity index (χ2n) is 5.56. The Bertz CT molecular complexity index is 501. The highest BCUT2D eigenvalue weighted by molar-refractivity contribution is 5.81. The maximum Gasteiger partial charge on any atom is 0.221 e. The molecule has 0 bridgehead atoms. The number of hydrogen-bond donors (Lipinski definition) is 3. The highest BCUT2D eigenvalue weighted by Crippen LogP contribution is 2.15. The van der Waals surface area contributed by atoms with Gasteiger partial charge in [0.25, 0.3) is 0 Å². The van der Waals surface area contributed by atoms with Gasteiger partial charge in [-0.15, -0.1) is 0 Å². The van der Waals surface area contributed by atoms with Crippen LogP contribution in [0.4, 0.5) is 0 Å². The zero-order valence-corrected chi connectivity index (χ0v) is 14.8. The Balaban J connectivity index is 2.46. The molecular formula is C16H29N5O2. The molecule has 0 radical (unpaired) electrons. The molecular weight excluding hydrogens is 294 g/mol. The van der Waals surface area contributed by atoms with E-state index < -0.39 is 0 Å². The number of carbonyl (C=O) groups is 1. The molecule has 1 amide bonds. The molecule has 0 fully saturated rings. The number of carbonyl (C=O) groups excluding carboxylic acids is 1. The fourth-order valence-electron chi connectivity index (χ4n) is 2.22. The van der Waals surface area contributed by atoms with Gasteiger partial charge in [-0.3, -0.25) is 9.79 Å². The quantitative estimate of drug-likeness (QED) is 0.496. The van der Waals surface area contributed by atoms with E-state index in [-0.39, 0.29) is 11.9 Å². The van der Waals surface area contributed by atoms with Crippen molar-refractivity contribution < 1.29 is 9.32 Å². The first-order valence-corrected chi connectivity index (χ1v) is 8.21. The van der Waals surface area contributed by atoms with E-state index in [4.69, 9.17) is 4.52 Å². The van der Waals surface area contributed by atoms with Crippen LogP contribution in [0.5, 0.6) is 0 Å². The molecule has 0 saturated heterocycles. The standard InChI is InChI=1S/C16H29N5O2/c1-6-13-12(14(7-2)23-21-13)10-19-16(17-5)18-9-8-15(22)20-11(3)4/h11H,6-10H2,1-5H3,(H,20,22)(H2,17,18,19). The maximum absolute atomic E-state index is 11.6. The monoisotopic (exact) mass is 323 g/mol. The van der Waals surface area contributed by atoms with Crippen LogP contribution >= 0.6 is 0 Å². The molecule has 130 valence electrons. The number of aromatic nitrogens is 1. The fourth-order valence-corrected chi connectivity index (χ4v) is 2.22. The zero-order chi connectivity index (χ0) is 17.2.